The van der Waals surface area contributed by atoms with Crippen molar-refractivity contribution in [3.8, 4) is 0 Å². The number of halogens is 1. The Bertz CT molecular complexity index is 1220. The van der Waals surface area contributed by atoms with Crippen molar-refractivity contribution < 1.29 is 14.7 Å². The number of hydrogen-bond donors (Lipinski definition) is 4. The second-order valence-electron chi connectivity index (χ2n) is 9.31. The molecule has 1 fully saturated rings. The van der Waals surface area contributed by atoms with Crippen molar-refractivity contribution in [1.29, 1.82) is 0 Å². The summed E-state index contributed by atoms with van der Waals surface area (Å²) >= 11 is 7.51. The zero-order chi connectivity index (χ0) is 23.8. The van der Waals surface area contributed by atoms with E-state index in [9.17, 15) is 14.7 Å². The molecule has 0 spiro atoms. The molecule has 3 aromatic rings. The minimum Gasteiger partial charge on any atom is -0.396 e. The van der Waals surface area contributed by atoms with Gasteiger partial charge < -0.3 is 25.6 Å². The van der Waals surface area contributed by atoms with Crippen LogP contribution >= 0.6 is 22.9 Å². The van der Waals surface area contributed by atoms with Crippen molar-refractivity contribution in [1.82, 2.24) is 25.5 Å². The Balaban J connectivity index is 1.30. The number of rotatable bonds is 5. The summed E-state index contributed by atoms with van der Waals surface area (Å²) in [4.78, 5) is 37.2. The first-order chi connectivity index (χ1) is 16.4. The van der Waals surface area contributed by atoms with Crippen LogP contribution in [0.25, 0.3) is 10.9 Å². The van der Waals surface area contributed by atoms with Gasteiger partial charge in [-0.05, 0) is 56.5 Å². The van der Waals surface area contributed by atoms with E-state index in [1.807, 2.05) is 12.1 Å². The topological polar surface area (TPSA) is 110 Å². The lowest BCUT2D eigenvalue weighted by Crippen LogP contribution is -2.55. The molecule has 3 heterocycles. The summed E-state index contributed by atoms with van der Waals surface area (Å²) in [6.07, 6.45) is 2.91. The fraction of sp³-hybridized carbons (Fsp3) is 0.458. The lowest BCUT2D eigenvalue weighted by molar-refractivity contribution is 0.0815. The van der Waals surface area contributed by atoms with E-state index in [0.717, 1.165) is 47.4 Å². The predicted molar refractivity (Wildman–Crippen MR) is 132 cm³/mol. The number of aliphatic hydroxyl groups is 1. The molecule has 8 nitrogen and oxygen atoms in total. The first-order valence-electron chi connectivity index (χ1n) is 11.6. The standard InChI is InChI=1S/C24H28ClN5O3S/c1-30-7-6-18-21(11-30)34-24(29-18)23(33)28-19-8-13(12-31)2-4-17(19)27-22(32)20-10-14-9-15(25)3-5-16(14)26-20/h3,5,9-10,13,17,19,26,31H,2,4,6-8,11-12H2,1H3,(H,27,32)(H,28,33)/t13?,17?,19-/m0/s1. The summed E-state index contributed by atoms with van der Waals surface area (Å²) in [7, 11) is 2.06. The van der Waals surface area contributed by atoms with Gasteiger partial charge in [0.05, 0.1) is 5.69 Å². The maximum absolute atomic E-state index is 13.1. The van der Waals surface area contributed by atoms with E-state index in [0.29, 0.717) is 28.6 Å². The van der Waals surface area contributed by atoms with Gasteiger partial charge in [-0.3, -0.25) is 9.59 Å². The molecule has 1 aliphatic heterocycles. The van der Waals surface area contributed by atoms with Crippen LogP contribution in [0.15, 0.2) is 24.3 Å². The number of amides is 2. The number of carbonyl (C=O) groups excluding carboxylic acids is 2. The third-order valence-corrected chi connectivity index (χ3v) is 8.11. The molecule has 1 saturated carbocycles. The van der Waals surface area contributed by atoms with E-state index < -0.39 is 0 Å². The number of likely N-dealkylation sites (N-methyl/N-ethyl adjacent to an activating group) is 1. The van der Waals surface area contributed by atoms with Gasteiger partial charge in [0.25, 0.3) is 11.8 Å². The second-order valence-corrected chi connectivity index (χ2v) is 10.8. The maximum Gasteiger partial charge on any atom is 0.280 e. The molecule has 34 heavy (non-hydrogen) atoms. The van der Waals surface area contributed by atoms with Gasteiger partial charge in [-0.15, -0.1) is 11.3 Å². The minimum atomic E-state index is -0.287. The number of fused-ring (bicyclic) bond motifs is 2. The van der Waals surface area contributed by atoms with Crippen molar-refractivity contribution in [3.63, 3.8) is 0 Å². The molecule has 180 valence electrons. The molecule has 1 aliphatic carbocycles. The average Bonchev–Trinajstić information content (AvgIpc) is 3.43. The van der Waals surface area contributed by atoms with Gasteiger partial charge in [0, 0.05) is 59.0 Å². The van der Waals surface area contributed by atoms with Crippen LogP contribution in [0.4, 0.5) is 0 Å². The molecule has 1 aromatic carbocycles. The van der Waals surface area contributed by atoms with Crippen molar-refractivity contribution in [2.45, 2.75) is 44.3 Å². The van der Waals surface area contributed by atoms with Gasteiger partial charge in [0.15, 0.2) is 5.01 Å². The molecule has 2 aliphatic rings. The minimum absolute atomic E-state index is 0.0632. The van der Waals surface area contributed by atoms with Crippen molar-refractivity contribution in [3.05, 3.63) is 50.6 Å². The van der Waals surface area contributed by atoms with E-state index in [1.165, 1.54) is 11.3 Å². The number of H-pyrrole nitrogens is 1. The average molecular weight is 502 g/mol. The van der Waals surface area contributed by atoms with E-state index in [1.54, 1.807) is 12.1 Å². The number of aromatic nitrogens is 2. The Kier molecular flexibility index (Phi) is 6.61. The Hall–Kier alpha value is -2.46. The Morgan fingerprint density at radius 2 is 2.06 bits per heavy atom. The molecule has 4 N–H and O–H groups in total. The number of aliphatic hydroxyl groups excluding tert-OH is 1. The van der Waals surface area contributed by atoms with Crippen molar-refractivity contribution in [2.24, 2.45) is 5.92 Å². The number of benzene rings is 1. The molecular formula is C24H28ClN5O3S. The fourth-order valence-corrected chi connectivity index (χ4v) is 6.15. The van der Waals surface area contributed by atoms with Crippen LogP contribution in [-0.2, 0) is 13.0 Å². The first-order valence-corrected chi connectivity index (χ1v) is 12.8. The van der Waals surface area contributed by atoms with Crippen LogP contribution in [0.3, 0.4) is 0 Å². The zero-order valence-corrected chi connectivity index (χ0v) is 20.5. The highest BCUT2D eigenvalue weighted by Crippen LogP contribution is 2.28. The largest absolute Gasteiger partial charge is 0.396 e. The highest BCUT2D eigenvalue weighted by Gasteiger charge is 2.34. The van der Waals surface area contributed by atoms with E-state index in [4.69, 9.17) is 11.6 Å². The van der Waals surface area contributed by atoms with E-state index in [-0.39, 0.29) is 36.4 Å². The number of aromatic amines is 1. The van der Waals surface area contributed by atoms with Gasteiger partial charge in [-0.25, -0.2) is 4.98 Å². The molecule has 0 bridgehead atoms. The number of hydrogen-bond acceptors (Lipinski definition) is 6. The number of nitrogens with one attached hydrogen (secondary N) is 3. The molecule has 2 aromatic heterocycles. The van der Waals surface area contributed by atoms with Gasteiger partial charge in [0.2, 0.25) is 0 Å². The highest BCUT2D eigenvalue weighted by atomic mass is 35.5. The number of thiazole rings is 1. The smallest absolute Gasteiger partial charge is 0.280 e. The monoisotopic (exact) mass is 501 g/mol. The second kappa shape index (κ2) is 9.65. The SMILES string of the molecule is CN1CCc2nc(C(=O)N[C@H]3CC(CO)CCC3NC(=O)c3cc4cc(Cl)ccc4[nH]3)sc2C1. The third kappa shape index (κ3) is 4.84. The van der Waals surface area contributed by atoms with Crippen molar-refractivity contribution >= 4 is 45.7 Å². The molecule has 2 amide bonds. The maximum atomic E-state index is 13.1. The Morgan fingerprint density at radius 3 is 2.88 bits per heavy atom. The summed E-state index contributed by atoms with van der Waals surface area (Å²) < 4.78 is 0. The molecule has 3 atom stereocenters. The molecule has 5 rings (SSSR count). The van der Waals surface area contributed by atoms with Gasteiger partial charge >= 0.3 is 0 Å². The van der Waals surface area contributed by atoms with E-state index in [2.05, 4.69) is 32.5 Å². The van der Waals surface area contributed by atoms with Crippen molar-refractivity contribution in [2.75, 3.05) is 20.2 Å². The van der Waals surface area contributed by atoms with Crippen LogP contribution < -0.4 is 10.6 Å². The predicted octanol–water partition coefficient (Wildman–Crippen LogP) is 2.96. The summed E-state index contributed by atoms with van der Waals surface area (Å²) in [5.74, 6) is -0.358. The molecule has 0 saturated heterocycles. The number of nitrogens with zero attached hydrogens (tertiary/aromatic N) is 2. The summed E-state index contributed by atoms with van der Waals surface area (Å²) in [6.45, 7) is 1.81. The van der Waals surface area contributed by atoms with Gasteiger partial charge in [0.1, 0.15) is 5.69 Å². The van der Waals surface area contributed by atoms with E-state index >= 15 is 0 Å². The van der Waals surface area contributed by atoms with Crippen LogP contribution in [0, 0.1) is 5.92 Å². The highest BCUT2D eigenvalue weighted by molar-refractivity contribution is 7.13. The lowest BCUT2D eigenvalue weighted by Gasteiger charge is -2.36. The quantitative estimate of drug-likeness (QED) is 0.429. The zero-order valence-electron chi connectivity index (χ0n) is 18.9. The van der Waals surface area contributed by atoms with Crippen LogP contribution in [0.5, 0.6) is 0 Å². The normalized spacial score (nSPS) is 23.0. The van der Waals surface area contributed by atoms with Gasteiger partial charge in [-0.2, -0.15) is 0 Å². The van der Waals surface area contributed by atoms with Crippen LogP contribution in [0.2, 0.25) is 5.02 Å². The Labute approximate surface area is 206 Å². The van der Waals surface area contributed by atoms with Gasteiger partial charge in [-0.1, -0.05) is 11.6 Å². The number of carbonyl (C=O) groups is 2. The van der Waals surface area contributed by atoms with Crippen LogP contribution in [-0.4, -0.2) is 64.1 Å². The molecule has 2 unspecified atom stereocenters. The lowest BCUT2D eigenvalue weighted by atomic mass is 9.82. The molecular weight excluding hydrogens is 474 g/mol. The fourth-order valence-electron chi connectivity index (χ4n) is 4.88. The third-order valence-electron chi connectivity index (χ3n) is 6.79. The summed E-state index contributed by atoms with van der Waals surface area (Å²) in [5, 5.41) is 17.8. The molecule has 10 heteroatoms. The Morgan fingerprint density at radius 1 is 1.24 bits per heavy atom. The summed E-state index contributed by atoms with van der Waals surface area (Å²) in [6, 6.07) is 6.68. The first kappa shape index (κ1) is 23.3. The molecule has 0 radical (unpaired) electrons. The van der Waals surface area contributed by atoms with Crippen LogP contribution in [0.1, 0.15) is 50.1 Å². The summed E-state index contributed by atoms with van der Waals surface area (Å²) in [5.41, 5.74) is 2.29.